The summed E-state index contributed by atoms with van der Waals surface area (Å²) in [5.74, 6) is -0.685. The third-order valence-corrected chi connectivity index (χ3v) is 6.39. The van der Waals surface area contributed by atoms with Crippen LogP contribution >= 0.6 is 7.82 Å². The molecular weight excluding hydrogens is 477 g/mol. The van der Waals surface area contributed by atoms with Gasteiger partial charge in [0.15, 0.2) is 0 Å². The van der Waals surface area contributed by atoms with Crippen LogP contribution in [0.25, 0.3) is 0 Å². The Morgan fingerprint density at radius 1 is 1.11 bits per heavy atom. The Bertz CT molecular complexity index is 810. The topological polar surface area (TPSA) is 168 Å². The first-order chi connectivity index (χ1) is 16.2. The first kappa shape index (κ1) is 31.4. The van der Waals surface area contributed by atoms with E-state index in [4.69, 9.17) is 9.63 Å². The fraction of sp³-hybridized carbons (Fsp3) is 0.625. The first-order valence-corrected chi connectivity index (χ1v) is 13.2. The molecule has 1 aliphatic carbocycles. The molecule has 10 nitrogen and oxygen atoms in total. The van der Waals surface area contributed by atoms with E-state index in [1.165, 1.54) is 44.4 Å². The molecule has 0 radical (unpaired) electrons. The number of aliphatic hydroxyl groups is 3. The minimum Gasteiger partial charge on any atom is -0.478 e. The predicted molar refractivity (Wildman–Crippen MR) is 132 cm³/mol. The lowest BCUT2D eigenvalue weighted by atomic mass is 9.89. The SMILES string of the molecule is CN(C)C(/C=C\C(=O)O)C(O)/C=C/C(C)(O)C(CC(O)/C=C\C=C/C1CCCCC1)OP(=O)(O)O. The van der Waals surface area contributed by atoms with Crippen molar-refractivity contribution in [1.82, 2.24) is 4.90 Å². The molecule has 0 aromatic rings. The predicted octanol–water partition coefficient (Wildman–Crippen LogP) is 2.15. The highest BCUT2D eigenvalue weighted by Crippen LogP contribution is 2.41. The van der Waals surface area contributed by atoms with Crippen LogP contribution in [0.4, 0.5) is 0 Å². The molecule has 0 amide bonds. The number of aliphatic carboxylic acids is 1. The Balaban J connectivity index is 2.92. The van der Waals surface area contributed by atoms with Gasteiger partial charge < -0.3 is 35.1 Å². The summed E-state index contributed by atoms with van der Waals surface area (Å²) in [5.41, 5.74) is -1.98. The van der Waals surface area contributed by atoms with Crippen LogP contribution < -0.4 is 0 Å². The van der Waals surface area contributed by atoms with Gasteiger partial charge in [-0.25, -0.2) is 9.36 Å². The largest absolute Gasteiger partial charge is 0.478 e. The lowest BCUT2D eigenvalue weighted by molar-refractivity contribution is -0.131. The molecule has 11 heteroatoms. The van der Waals surface area contributed by atoms with Crippen molar-refractivity contribution >= 4 is 13.8 Å². The number of rotatable bonds is 14. The zero-order valence-corrected chi connectivity index (χ0v) is 21.4. The van der Waals surface area contributed by atoms with E-state index < -0.39 is 43.7 Å². The number of phosphoric acid groups is 1. The van der Waals surface area contributed by atoms with Crippen molar-refractivity contribution in [2.75, 3.05) is 14.1 Å². The van der Waals surface area contributed by atoms with Crippen LogP contribution in [0, 0.1) is 5.92 Å². The van der Waals surface area contributed by atoms with Crippen LogP contribution in [0.5, 0.6) is 0 Å². The number of likely N-dealkylation sites (N-methyl/N-ethyl adjacent to an activating group) is 1. The highest BCUT2D eigenvalue weighted by atomic mass is 31.2. The van der Waals surface area contributed by atoms with Crippen molar-refractivity contribution in [3.8, 4) is 0 Å². The summed E-state index contributed by atoms with van der Waals surface area (Å²) < 4.78 is 16.3. The maximum atomic E-state index is 11.5. The second-order valence-corrected chi connectivity index (χ2v) is 10.5. The molecule has 0 saturated heterocycles. The Morgan fingerprint density at radius 2 is 1.74 bits per heavy atom. The van der Waals surface area contributed by atoms with E-state index in [1.54, 1.807) is 25.1 Å². The molecule has 35 heavy (non-hydrogen) atoms. The van der Waals surface area contributed by atoms with Gasteiger partial charge in [0.05, 0.1) is 18.2 Å². The third-order valence-electron chi connectivity index (χ3n) is 5.86. The molecule has 5 unspecified atom stereocenters. The van der Waals surface area contributed by atoms with Crippen LogP contribution in [0.15, 0.2) is 48.6 Å². The van der Waals surface area contributed by atoms with Crippen LogP contribution in [0.3, 0.4) is 0 Å². The summed E-state index contributed by atoms with van der Waals surface area (Å²) in [5, 5.41) is 40.5. The lowest BCUT2D eigenvalue weighted by Crippen LogP contribution is -2.42. The van der Waals surface area contributed by atoms with Crippen LogP contribution in [0.2, 0.25) is 0 Å². The fourth-order valence-corrected chi connectivity index (χ4v) is 4.51. The van der Waals surface area contributed by atoms with E-state index in [0.29, 0.717) is 5.92 Å². The summed E-state index contributed by atoms with van der Waals surface area (Å²) in [6.45, 7) is 1.23. The maximum absolute atomic E-state index is 11.5. The Morgan fingerprint density at radius 3 is 2.29 bits per heavy atom. The number of phosphoric ester groups is 1. The Labute approximate surface area is 207 Å². The zero-order chi connectivity index (χ0) is 26.6. The molecule has 1 aliphatic rings. The van der Waals surface area contributed by atoms with Gasteiger partial charge in [-0.1, -0.05) is 61.8 Å². The molecule has 6 N–H and O–H groups in total. The quantitative estimate of drug-likeness (QED) is 0.0869. The van der Waals surface area contributed by atoms with Gasteiger partial charge in [0, 0.05) is 12.5 Å². The van der Waals surface area contributed by atoms with E-state index in [1.807, 2.05) is 6.08 Å². The Kier molecular flexibility index (Phi) is 13.3. The van der Waals surface area contributed by atoms with Gasteiger partial charge in [0.25, 0.3) is 0 Å². The normalized spacial score (nSPS) is 21.7. The number of hydrogen-bond acceptors (Lipinski definition) is 7. The molecule has 0 aromatic carbocycles. The number of aliphatic hydroxyl groups excluding tert-OH is 2. The second kappa shape index (κ2) is 14.8. The van der Waals surface area contributed by atoms with Crippen LogP contribution in [0.1, 0.15) is 45.4 Å². The highest BCUT2D eigenvalue weighted by Gasteiger charge is 2.37. The zero-order valence-electron chi connectivity index (χ0n) is 20.6. The van der Waals surface area contributed by atoms with E-state index in [2.05, 4.69) is 6.08 Å². The molecule has 1 rings (SSSR count). The molecule has 0 heterocycles. The summed E-state index contributed by atoms with van der Waals surface area (Å²) in [6.07, 6.45) is 13.1. The van der Waals surface area contributed by atoms with Crippen molar-refractivity contribution in [3.05, 3.63) is 48.6 Å². The number of nitrogens with zero attached hydrogens (tertiary/aromatic N) is 1. The summed E-state index contributed by atoms with van der Waals surface area (Å²) in [7, 11) is -1.77. The summed E-state index contributed by atoms with van der Waals surface area (Å²) in [4.78, 5) is 31.0. The van der Waals surface area contributed by atoms with E-state index >= 15 is 0 Å². The number of hydrogen-bond donors (Lipinski definition) is 6. The van der Waals surface area contributed by atoms with Crippen LogP contribution in [-0.2, 0) is 13.9 Å². The van der Waals surface area contributed by atoms with Gasteiger partial charge in [-0.05, 0) is 39.8 Å². The van der Waals surface area contributed by atoms with E-state index in [9.17, 15) is 34.5 Å². The minimum atomic E-state index is -5.02. The van der Waals surface area contributed by atoms with Crippen molar-refractivity contribution in [2.45, 2.75) is 75.4 Å². The molecule has 0 spiro atoms. The molecule has 1 fully saturated rings. The summed E-state index contributed by atoms with van der Waals surface area (Å²) >= 11 is 0. The van der Waals surface area contributed by atoms with Gasteiger partial charge >= 0.3 is 13.8 Å². The monoisotopic (exact) mass is 517 g/mol. The van der Waals surface area contributed by atoms with Gasteiger partial charge in [0.2, 0.25) is 0 Å². The maximum Gasteiger partial charge on any atom is 0.469 e. The molecule has 0 bridgehead atoms. The molecule has 1 saturated carbocycles. The first-order valence-electron chi connectivity index (χ1n) is 11.7. The second-order valence-electron chi connectivity index (χ2n) is 9.28. The molecule has 0 aromatic heterocycles. The van der Waals surface area contributed by atoms with Gasteiger partial charge in [-0.3, -0.25) is 4.52 Å². The Hall–Kier alpha value is -1.62. The average molecular weight is 518 g/mol. The highest BCUT2D eigenvalue weighted by molar-refractivity contribution is 7.46. The fourth-order valence-electron chi connectivity index (χ4n) is 3.88. The minimum absolute atomic E-state index is 0.331. The van der Waals surface area contributed by atoms with Crippen molar-refractivity contribution in [1.29, 1.82) is 0 Å². The molecular formula is C24H40NO9P. The lowest BCUT2D eigenvalue weighted by Gasteiger charge is -2.32. The van der Waals surface area contributed by atoms with Crippen molar-refractivity contribution in [2.24, 2.45) is 5.92 Å². The van der Waals surface area contributed by atoms with Gasteiger partial charge in [0.1, 0.15) is 11.7 Å². The smallest absolute Gasteiger partial charge is 0.469 e. The van der Waals surface area contributed by atoms with Crippen molar-refractivity contribution in [3.63, 3.8) is 0 Å². The average Bonchev–Trinajstić information content (AvgIpc) is 2.74. The van der Waals surface area contributed by atoms with Gasteiger partial charge in [-0.2, -0.15) is 0 Å². The van der Waals surface area contributed by atoms with E-state index in [-0.39, 0.29) is 6.42 Å². The van der Waals surface area contributed by atoms with Crippen molar-refractivity contribution < 1.29 is 44.1 Å². The molecule has 0 aliphatic heterocycles. The molecule has 200 valence electrons. The standard InChI is InChI=1S/C24H40NO9P/c1-24(30,16-15-21(27)20(25(2)3)13-14-23(28)29)22(34-35(31,32)33)17-19(26)12-8-7-11-18-9-5-4-6-10-18/h7-8,11-16,18-22,26-27,30H,4-6,9-10,17H2,1-3H3,(H,28,29)(H2,31,32,33)/b11-7-,12-8-,14-13-,16-15+. The number of carboxylic acid groups (broad SMARTS) is 1. The third kappa shape index (κ3) is 13.3. The van der Waals surface area contributed by atoms with E-state index in [0.717, 1.165) is 25.0 Å². The number of carbonyl (C=O) groups is 1. The number of allylic oxidation sites excluding steroid dienone is 3. The van der Waals surface area contributed by atoms with Gasteiger partial charge in [-0.15, -0.1) is 0 Å². The number of carboxylic acids is 1. The molecule has 5 atom stereocenters. The van der Waals surface area contributed by atoms with Crippen LogP contribution in [-0.4, -0.2) is 85.1 Å². The summed E-state index contributed by atoms with van der Waals surface area (Å²) in [6, 6.07) is -0.747.